The van der Waals surface area contributed by atoms with Crippen molar-refractivity contribution in [3.8, 4) is 22.8 Å². The minimum atomic E-state index is -4.63. The Labute approximate surface area is 342 Å². The van der Waals surface area contributed by atoms with Gasteiger partial charge in [-0.05, 0) is 111 Å². The first-order valence-corrected chi connectivity index (χ1v) is 21.4. The van der Waals surface area contributed by atoms with Gasteiger partial charge in [-0.1, -0.05) is 48.4 Å². The molecule has 1 heterocycles. The predicted octanol–water partition coefficient (Wildman–Crippen LogP) is 9.37. The third-order valence-corrected chi connectivity index (χ3v) is 13.6. The first kappa shape index (κ1) is 43.4. The number of fused-ring (bicyclic) bond motifs is 8. The van der Waals surface area contributed by atoms with Gasteiger partial charge in [0.15, 0.2) is 5.76 Å². The van der Waals surface area contributed by atoms with Gasteiger partial charge >= 0.3 is 6.18 Å². The molecule has 2 bridgehead atoms. The molecule has 2 N–H and O–H groups in total. The number of hydrogen-bond donors (Lipinski definition) is 2. The van der Waals surface area contributed by atoms with Crippen molar-refractivity contribution >= 4 is 27.4 Å². The second-order valence-corrected chi connectivity index (χ2v) is 18.2. The van der Waals surface area contributed by atoms with Gasteiger partial charge in [-0.25, -0.2) is 8.42 Å². The molecule has 3 aliphatic carbocycles. The Hall–Kier alpha value is -4.14. The molecule has 14 heteroatoms. The molecular weight excluding hydrogens is 795 g/mol. The average molecular weight is 844 g/mol. The van der Waals surface area contributed by atoms with E-state index in [1.165, 1.54) is 30.7 Å². The number of methoxy groups -OCH3 is 2. The van der Waals surface area contributed by atoms with Crippen LogP contribution in [0.2, 0.25) is 5.02 Å². The Morgan fingerprint density at radius 3 is 2.47 bits per heavy atom. The highest BCUT2D eigenvalue weighted by atomic mass is 35.5. The van der Waals surface area contributed by atoms with Crippen molar-refractivity contribution < 1.29 is 50.5 Å². The first-order valence-electron chi connectivity index (χ1n) is 19.1. The van der Waals surface area contributed by atoms with Crippen LogP contribution < -0.4 is 9.47 Å². The zero-order chi connectivity index (χ0) is 42.2. The molecule has 4 unspecified atom stereocenters. The summed E-state index contributed by atoms with van der Waals surface area (Å²) in [4.78, 5) is 14.6. The van der Waals surface area contributed by atoms with Crippen molar-refractivity contribution in [3.63, 3.8) is 0 Å². The maximum Gasteiger partial charge on any atom is 0.416 e. The molecule has 3 aliphatic rings. The zero-order valence-electron chi connectivity index (χ0n) is 33.2. The van der Waals surface area contributed by atoms with Crippen LogP contribution in [0, 0.1) is 5.41 Å². The van der Waals surface area contributed by atoms with E-state index in [1.54, 1.807) is 24.3 Å². The highest BCUT2D eigenvalue weighted by molar-refractivity contribution is 7.88. The van der Waals surface area contributed by atoms with E-state index >= 15 is 0 Å². The molecule has 0 radical (unpaired) electrons. The van der Waals surface area contributed by atoms with E-state index in [1.807, 2.05) is 26.0 Å². The number of aliphatic hydroxyl groups excluding tert-OH is 1. The lowest BCUT2D eigenvalue weighted by atomic mass is 9.65. The highest BCUT2D eigenvalue weighted by Crippen LogP contribution is 2.59. The minimum absolute atomic E-state index is 0.0123. The topological polar surface area (TPSA) is 127 Å². The molecule has 312 valence electrons. The van der Waals surface area contributed by atoms with Crippen LogP contribution in [-0.2, 0) is 29.2 Å². The maximum absolute atomic E-state index is 14.6. The summed E-state index contributed by atoms with van der Waals surface area (Å²) in [5.41, 5.74) is -0.265. The lowest BCUT2D eigenvalue weighted by Crippen LogP contribution is -2.53. The number of allylic oxidation sites excluding steroid dienone is 2. The number of rotatable bonds is 10. The minimum Gasteiger partial charge on any atom is -0.497 e. The molecule has 0 saturated heterocycles. The van der Waals surface area contributed by atoms with Gasteiger partial charge in [0.25, 0.3) is 0 Å². The van der Waals surface area contributed by atoms with E-state index in [2.05, 4.69) is 6.08 Å². The molecule has 4 atom stereocenters. The van der Waals surface area contributed by atoms with Gasteiger partial charge in [-0.3, -0.25) is 4.79 Å². The average Bonchev–Trinajstić information content (AvgIpc) is 3.75. The fraction of sp³-hybridized carbons (Fsp3) is 0.432. The Balaban J connectivity index is 1.43. The first-order chi connectivity index (χ1) is 27.3. The van der Waals surface area contributed by atoms with Crippen LogP contribution in [-0.4, -0.2) is 67.4 Å². The smallest absolute Gasteiger partial charge is 0.416 e. The van der Waals surface area contributed by atoms with Crippen molar-refractivity contribution in [2.24, 2.45) is 5.41 Å². The van der Waals surface area contributed by atoms with E-state index in [0.717, 1.165) is 30.0 Å². The molecule has 7 rings (SSSR count). The zero-order valence-corrected chi connectivity index (χ0v) is 34.7. The number of alkyl halides is 3. The lowest BCUT2D eigenvalue weighted by molar-refractivity contribution is -0.137. The van der Waals surface area contributed by atoms with Gasteiger partial charge in [0, 0.05) is 41.3 Å². The van der Waals surface area contributed by atoms with E-state index in [4.69, 9.17) is 25.5 Å². The predicted molar refractivity (Wildman–Crippen MR) is 216 cm³/mol. The van der Waals surface area contributed by atoms with Crippen molar-refractivity contribution in [2.75, 3.05) is 27.0 Å². The number of aliphatic hydroxyl groups is 2. The highest BCUT2D eigenvalue weighted by Gasteiger charge is 2.58. The van der Waals surface area contributed by atoms with E-state index in [9.17, 15) is 36.6 Å². The number of carbonyl (C=O) groups is 1. The number of ketones is 1. The summed E-state index contributed by atoms with van der Waals surface area (Å²) < 4.78 is 85.9. The van der Waals surface area contributed by atoms with Crippen LogP contribution in [0.25, 0.3) is 11.3 Å². The van der Waals surface area contributed by atoms with Crippen molar-refractivity contribution in [3.05, 3.63) is 117 Å². The number of carbonyl (C=O) groups excluding carboxylic acids is 1. The fourth-order valence-corrected chi connectivity index (χ4v) is 9.61. The summed E-state index contributed by atoms with van der Waals surface area (Å²) in [5, 5.41) is 23.9. The normalized spacial score (nSPS) is 23.0. The van der Waals surface area contributed by atoms with Crippen LogP contribution >= 0.6 is 11.6 Å². The third kappa shape index (κ3) is 9.03. The second kappa shape index (κ2) is 16.8. The number of benzene rings is 3. The van der Waals surface area contributed by atoms with Crippen molar-refractivity contribution in [1.29, 1.82) is 0 Å². The van der Waals surface area contributed by atoms with E-state index < -0.39 is 50.6 Å². The van der Waals surface area contributed by atoms with Gasteiger partial charge in [0.05, 0.1) is 42.8 Å². The van der Waals surface area contributed by atoms with Crippen LogP contribution in [0.3, 0.4) is 0 Å². The van der Waals surface area contributed by atoms with Crippen molar-refractivity contribution in [1.82, 2.24) is 4.31 Å². The Morgan fingerprint density at radius 2 is 1.78 bits per heavy atom. The summed E-state index contributed by atoms with van der Waals surface area (Å²) in [6.45, 7) is 3.64. The van der Waals surface area contributed by atoms with Gasteiger partial charge < -0.3 is 24.1 Å². The van der Waals surface area contributed by atoms with Crippen LogP contribution in [0.15, 0.2) is 82.8 Å². The summed E-state index contributed by atoms with van der Waals surface area (Å²) in [6.07, 6.45) is 0.865. The lowest BCUT2D eigenvalue weighted by Gasteiger charge is -2.45. The second-order valence-electron chi connectivity index (χ2n) is 15.8. The van der Waals surface area contributed by atoms with Crippen LogP contribution in [0.1, 0.15) is 96.7 Å². The summed E-state index contributed by atoms with van der Waals surface area (Å²) in [6, 6.07) is 16.2. The summed E-state index contributed by atoms with van der Waals surface area (Å²) in [5.74, 6) is -0.170. The van der Waals surface area contributed by atoms with Crippen LogP contribution in [0.4, 0.5) is 13.2 Å². The molecule has 9 nitrogen and oxygen atoms in total. The monoisotopic (exact) mass is 843 g/mol. The molecule has 0 amide bonds. The van der Waals surface area contributed by atoms with Gasteiger partial charge in [-0.2, -0.15) is 17.5 Å². The standard InChI is InChI=1S/C44H49ClF3NO8S/c1-27-7-6-19-42(2)36(18-20-43(42,52)26-49(58(5,53)54)25-29-10-13-32(55-3)24-40(29)56-4)33-14-9-28(21-31(50)12-8-27)22-34(33)41(51)39-17-16-38(57-39)35-23-30(44(46,47)48)11-15-37(35)45/h7,9-11,13-17,22-24,31,36,50,52H,6,8,12,18-21,25-26H2,1-5H3. The van der Waals surface area contributed by atoms with Gasteiger partial charge in [-0.15, -0.1) is 0 Å². The Morgan fingerprint density at radius 1 is 1.02 bits per heavy atom. The molecular formula is C44H49ClF3NO8S. The molecule has 0 aliphatic heterocycles. The quantitative estimate of drug-likeness (QED) is 0.120. The molecule has 1 fully saturated rings. The number of nitrogens with zero attached hydrogens (tertiary/aromatic N) is 1. The van der Waals surface area contributed by atoms with Crippen LogP contribution in [0.5, 0.6) is 11.5 Å². The largest absolute Gasteiger partial charge is 0.497 e. The number of furan rings is 1. The SMILES string of the molecule is COc1ccc(CN(CC2(O)CCC3c4ccc(cc4C(=O)c4ccc(-c5cc(C(F)(F)F)ccc5Cl)o4)CC(O)CCC(C)=CCCC32C)S(C)(=O)=O)c(OC)c1. The Bertz CT molecular complexity index is 2310. The molecule has 58 heavy (non-hydrogen) atoms. The molecule has 0 spiro atoms. The summed E-state index contributed by atoms with van der Waals surface area (Å²) in [7, 11) is -0.882. The number of sulfonamides is 1. The van der Waals surface area contributed by atoms with Gasteiger partial charge in [0.1, 0.15) is 17.3 Å². The van der Waals surface area contributed by atoms with E-state index in [0.29, 0.717) is 60.3 Å². The molecule has 4 aromatic rings. The van der Waals surface area contributed by atoms with Gasteiger partial charge in [0.2, 0.25) is 15.8 Å². The van der Waals surface area contributed by atoms with Crippen molar-refractivity contribution in [2.45, 2.75) is 89.1 Å². The maximum atomic E-state index is 14.6. The number of hydrogen-bond acceptors (Lipinski definition) is 8. The molecule has 1 saturated carbocycles. The number of halogens is 4. The number of ether oxygens (including phenoxy) is 2. The Kier molecular flexibility index (Phi) is 12.6. The molecule has 3 aromatic carbocycles. The molecule has 1 aromatic heterocycles. The van der Waals surface area contributed by atoms with E-state index in [-0.39, 0.29) is 53.6 Å². The third-order valence-electron chi connectivity index (χ3n) is 12.1. The fourth-order valence-electron chi connectivity index (χ4n) is 8.58. The summed E-state index contributed by atoms with van der Waals surface area (Å²) >= 11 is 6.32.